The maximum atomic E-state index is 13.3. The minimum Gasteiger partial charge on any atom is -0.467 e. The van der Waals surface area contributed by atoms with E-state index < -0.39 is 0 Å². The number of thiophene rings is 1. The summed E-state index contributed by atoms with van der Waals surface area (Å²) in [6.45, 7) is 2.00. The highest BCUT2D eigenvalue weighted by molar-refractivity contribution is 7.12. The second-order valence-electron chi connectivity index (χ2n) is 8.57. The Bertz CT molecular complexity index is 1240. The van der Waals surface area contributed by atoms with E-state index in [-0.39, 0.29) is 17.9 Å². The van der Waals surface area contributed by atoms with Gasteiger partial charge in [-0.25, -0.2) is 9.99 Å². The normalized spacial score (nSPS) is 19.9. The average molecular weight is 461 g/mol. The molecular formula is C25H24N4O3S. The highest BCUT2D eigenvalue weighted by Gasteiger charge is 2.36. The fraction of sp³-hybridized carbons (Fsp3) is 0.320. The van der Waals surface area contributed by atoms with Crippen molar-refractivity contribution in [3.05, 3.63) is 76.7 Å². The van der Waals surface area contributed by atoms with E-state index in [0.717, 1.165) is 59.3 Å². The first-order chi connectivity index (χ1) is 16.2. The van der Waals surface area contributed by atoms with Crippen LogP contribution in [-0.2, 0) is 4.79 Å². The van der Waals surface area contributed by atoms with Crippen molar-refractivity contribution >= 4 is 34.1 Å². The van der Waals surface area contributed by atoms with Crippen molar-refractivity contribution in [3.8, 4) is 0 Å². The predicted octanol–water partition coefficient (Wildman–Crippen LogP) is 5.04. The topological polar surface area (TPSA) is 75.1 Å². The first-order valence-corrected chi connectivity index (χ1v) is 12.2. The van der Waals surface area contributed by atoms with Gasteiger partial charge in [-0.05, 0) is 61.6 Å². The Hall–Kier alpha value is -3.23. The van der Waals surface area contributed by atoms with Gasteiger partial charge in [0, 0.05) is 12.3 Å². The molecular weight excluding hydrogens is 436 g/mol. The molecule has 0 N–H and O–H groups in total. The summed E-state index contributed by atoms with van der Waals surface area (Å²) in [6.07, 6.45) is 4.16. The van der Waals surface area contributed by atoms with E-state index in [1.807, 2.05) is 53.9 Å². The molecule has 1 saturated heterocycles. The van der Waals surface area contributed by atoms with Gasteiger partial charge < -0.3 is 8.83 Å². The van der Waals surface area contributed by atoms with Crippen molar-refractivity contribution in [1.82, 2.24) is 14.9 Å². The van der Waals surface area contributed by atoms with Crippen molar-refractivity contribution in [2.75, 3.05) is 19.6 Å². The number of fused-ring (bicyclic) bond motifs is 1. The number of nitrogens with zero attached hydrogens (tertiary/aromatic N) is 4. The van der Waals surface area contributed by atoms with E-state index in [1.165, 1.54) is 0 Å². The molecule has 7 nitrogen and oxygen atoms in total. The predicted molar refractivity (Wildman–Crippen MR) is 126 cm³/mol. The van der Waals surface area contributed by atoms with E-state index in [1.54, 1.807) is 22.6 Å². The van der Waals surface area contributed by atoms with Crippen LogP contribution in [0.5, 0.6) is 0 Å². The minimum atomic E-state index is -0.193. The van der Waals surface area contributed by atoms with Crippen molar-refractivity contribution in [2.45, 2.75) is 31.2 Å². The van der Waals surface area contributed by atoms with E-state index in [9.17, 15) is 4.79 Å². The van der Waals surface area contributed by atoms with Gasteiger partial charge in [-0.3, -0.25) is 9.69 Å². The molecule has 1 unspecified atom stereocenters. The van der Waals surface area contributed by atoms with Crippen LogP contribution >= 0.6 is 11.3 Å². The van der Waals surface area contributed by atoms with E-state index >= 15 is 0 Å². The average Bonchev–Trinajstić information content (AvgIpc) is 3.64. The lowest BCUT2D eigenvalue weighted by atomic mass is 9.97. The van der Waals surface area contributed by atoms with E-state index in [0.29, 0.717) is 13.0 Å². The fourth-order valence-corrected chi connectivity index (χ4v) is 5.42. The first kappa shape index (κ1) is 20.4. The molecule has 6 rings (SSSR count). The van der Waals surface area contributed by atoms with Crippen LogP contribution in [0, 0.1) is 0 Å². The summed E-state index contributed by atoms with van der Waals surface area (Å²) < 4.78 is 11.6. The number of piperidine rings is 1. The third-order valence-corrected chi connectivity index (χ3v) is 7.37. The van der Waals surface area contributed by atoms with Gasteiger partial charge in [0.1, 0.15) is 17.3 Å². The number of carbonyl (C=O) groups is 1. The molecule has 2 aliphatic rings. The zero-order valence-electron chi connectivity index (χ0n) is 18.1. The Kier molecular flexibility index (Phi) is 5.32. The van der Waals surface area contributed by atoms with Crippen LogP contribution in [0.2, 0.25) is 0 Å². The van der Waals surface area contributed by atoms with Crippen LogP contribution in [0.3, 0.4) is 0 Å². The Balaban J connectivity index is 1.13. The smallest absolute Gasteiger partial charge is 0.257 e. The third-order valence-electron chi connectivity index (χ3n) is 6.45. The summed E-state index contributed by atoms with van der Waals surface area (Å²) in [6, 6.07) is 15.5. The lowest BCUT2D eigenvalue weighted by molar-refractivity contribution is -0.134. The first-order valence-electron chi connectivity index (χ1n) is 11.3. The zero-order valence-corrected chi connectivity index (χ0v) is 18.9. The summed E-state index contributed by atoms with van der Waals surface area (Å²) >= 11 is 1.64. The molecule has 0 saturated carbocycles. The van der Waals surface area contributed by atoms with Gasteiger partial charge in [0.2, 0.25) is 0 Å². The molecule has 5 heterocycles. The summed E-state index contributed by atoms with van der Waals surface area (Å²) in [5.74, 6) is 1.87. The molecule has 0 bridgehead atoms. The Morgan fingerprint density at radius 1 is 1.09 bits per heavy atom. The molecule has 168 valence electrons. The highest BCUT2D eigenvalue weighted by atomic mass is 32.1. The standard InChI is InChI=1S/C25H24N4O3S/c30-24(29-20(22-7-3-13-31-22)15-19(27-29)23-8-4-14-33-23)16-28-11-9-17(10-12-28)25-26-18-5-1-2-6-21(18)32-25/h1-8,13-14,17,20H,9-12,15-16H2. The maximum Gasteiger partial charge on any atom is 0.257 e. The number of amides is 1. The number of likely N-dealkylation sites (tertiary alicyclic amines) is 1. The van der Waals surface area contributed by atoms with Crippen LogP contribution in [0.15, 0.2) is 74.1 Å². The second-order valence-corrected chi connectivity index (χ2v) is 9.52. The monoisotopic (exact) mass is 460 g/mol. The number of para-hydroxylation sites is 2. The van der Waals surface area contributed by atoms with Crippen molar-refractivity contribution in [2.24, 2.45) is 5.10 Å². The van der Waals surface area contributed by atoms with Crippen LogP contribution in [0.4, 0.5) is 0 Å². The van der Waals surface area contributed by atoms with Crippen LogP contribution in [0.25, 0.3) is 11.1 Å². The molecule has 8 heteroatoms. The van der Waals surface area contributed by atoms with Gasteiger partial charge in [0.05, 0.1) is 23.4 Å². The molecule has 1 aromatic carbocycles. The molecule has 1 amide bonds. The van der Waals surface area contributed by atoms with Gasteiger partial charge in [-0.1, -0.05) is 18.2 Å². The van der Waals surface area contributed by atoms with E-state index in [4.69, 9.17) is 13.9 Å². The largest absolute Gasteiger partial charge is 0.467 e. The van der Waals surface area contributed by atoms with E-state index in [2.05, 4.69) is 9.88 Å². The van der Waals surface area contributed by atoms with Crippen molar-refractivity contribution in [3.63, 3.8) is 0 Å². The number of aromatic nitrogens is 1. The molecule has 3 aromatic heterocycles. The summed E-state index contributed by atoms with van der Waals surface area (Å²) in [5.41, 5.74) is 2.68. The lowest BCUT2D eigenvalue weighted by Crippen LogP contribution is -2.41. The van der Waals surface area contributed by atoms with Crippen LogP contribution < -0.4 is 0 Å². The molecule has 0 aliphatic carbocycles. The quantitative estimate of drug-likeness (QED) is 0.417. The third kappa shape index (κ3) is 4.00. The molecule has 0 radical (unpaired) electrons. The number of hydrogen-bond acceptors (Lipinski definition) is 7. The Labute approximate surface area is 195 Å². The molecule has 1 atom stereocenters. The fourth-order valence-electron chi connectivity index (χ4n) is 4.70. The van der Waals surface area contributed by atoms with Gasteiger partial charge in [0.15, 0.2) is 11.5 Å². The van der Waals surface area contributed by atoms with Crippen LogP contribution in [0.1, 0.15) is 47.8 Å². The lowest BCUT2D eigenvalue weighted by Gasteiger charge is -2.31. The number of hydrazone groups is 1. The van der Waals surface area contributed by atoms with Crippen molar-refractivity contribution < 1.29 is 13.6 Å². The summed E-state index contributed by atoms with van der Waals surface area (Å²) in [7, 11) is 0. The number of benzene rings is 1. The van der Waals surface area contributed by atoms with Gasteiger partial charge in [-0.15, -0.1) is 11.3 Å². The Morgan fingerprint density at radius 3 is 2.73 bits per heavy atom. The minimum absolute atomic E-state index is 0.00303. The number of hydrogen-bond donors (Lipinski definition) is 0. The maximum absolute atomic E-state index is 13.3. The number of furan rings is 1. The Morgan fingerprint density at radius 2 is 1.97 bits per heavy atom. The number of rotatable bonds is 5. The second kappa shape index (κ2) is 8.61. The SMILES string of the molecule is O=C(CN1CCC(c2nc3ccccc3o2)CC1)N1N=C(c2cccs2)CC1c1ccco1. The van der Waals surface area contributed by atoms with Gasteiger partial charge in [-0.2, -0.15) is 5.10 Å². The molecule has 2 aliphatic heterocycles. The van der Waals surface area contributed by atoms with Gasteiger partial charge >= 0.3 is 0 Å². The van der Waals surface area contributed by atoms with Crippen molar-refractivity contribution in [1.29, 1.82) is 0 Å². The zero-order chi connectivity index (χ0) is 22.2. The highest BCUT2D eigenvalue weighted by Crippen LogP contribution is 2.35. The molecule has 33 heavy (non-hydrogen) atoms. The summed E-state index contributed by atoms with van der Waals surface area (Å²) in [5, 5.41) is 8.38. The number of carbonyl (C=O) groups excluding carboxylic acids is 1. The molecule has 4 aromatic rings. The number of oxazole rings is 1. The van der Waals surface area contributed by atoms with Gasteiger partial charge in [0.25, 0.3) is 5.91 Å². The molecule has 0 spiro atoms. The summed E-state index contributed by atoms with van der Waals surface area (Å²) in [4.78, 5) is 21.3. The van der Waals surface area contributed by atoms with Crippen LogP contribution in [-0.4, -0.2) is 46.1 Å². The molecule has 1 fully saturated rings.